The first kappa shape index (κ1) is 10.2. The van der Waals surface area contributed by atoms with E-state index in [-0.39, 0.29) is 11.0 Å². The van der Waals surface area contributed by atoms with E-state index in [1.54, 1.807) is 0 Å². The molecule has 12 heavy (non-hydrogen) atoms. The molecule has 0 aromatic carbocycles. The van der Waals surface area contributed by atoms with Crippen LogP contribution < -0.4 is 0 Å². The molecule has 1 fully saturated rings. The van der Waals surface area contributed by atoms with Gasteiger partial charge < -0.3 is 9.47 Å². The van der Waals surface area contributed by atoms with Gasteiger partial charge in [-0.3, -0.25) is 0 Å². The van der Waals surface area contributed by atoms with E-state index < -0.39 is 0 Å². The molecule has 1 atom stereocenters. The molecule has 72 valence electrons. The van der Waals surface area contributed by atoms with Gasteiger partial charge in [-0.05, 0) is 40.0 Å². The van der Waals surface area contributed by atoms with Gasteiger partial charge in [0.15, 0.2) is 0 Å². The zero-order valence-corrected chi connectivity index (χ0v) is 10.6. The molecule has 1 rings (SSSR count). The number of hydrogen-bond donors (Lipinski definition) is 0. The molecule has 1 unspecified atom stereocenters. The van der Waals surface area contributed by atoms with Crippen LogP contribution in [0.25, 0.3) is 0 Å². The van der Waals surface area contributed by atoms with Crippen LogP contribution in [0.1, 0.15) is 40.0 Å². The lowest BCUT2D eigenvalue weighted by molar-refractivity contribution is -0.242. The van der Waals surface area contributed by atoms with Crippen molar-refractivity contribution in [2.45, 2.75) is 51.0 Å². The van der Waals surface area contributed by atoms with Gasteiger partial charge in [-0.15, -0.1) is 0 Å². The Kier molecular flexibility index (Phi) is 2.96. The summed E-state index contributed by atoms with van der Waals surface area (Å²) < 4.78 is 11.6. The highest BCUT2D eigenvalue weighted by Crippen LogP contribution is 2.27. The van der Waals surface area contributed by atoms with Gasteiger partial charge in [-0.2, -0.15) is 0 Å². The predicted octanol–water partition coefficient (Wildman–Crippen LogP) is 1.02. The summed E-state index contributed by atoms with van der Waals surface area (Å²) in [6.45, 7) is 7.14. The Hall–Kier alpha value is 0.137. The van der Waals surface area contributed by atoms with Gasteiger partial charge in [0.25, 0.3) is 0 Å². The average molecular weight is 188 g/mol. The summed E-state index contributed by atoms with van der Waals surface area (Å²) in [5, 5.41) is 0. The summed E-state index contributed by atoms with van der Waals surface area (Å²) in [6.07, 6.45) is 3.52. The van der Waals surface area contributed by atoms with Crippen LogP contribution >= 0.6 is 0 Å². The topological polar surface area (TPSA) is 18.5 Å². The Bertz CT molecular complexity index is 145. The summed E-state index contributed by atoms with van der Waals surface area (Å²) in [5.41, 5.74) is -0.268. The number of hydrogen-bond acceptors (Lipinski definition) is 2. The minimum atomic E-state index is -0.198. The van der Waals surface area contributed by atoms with Crippen LogP contribution in [0.15, 0.2) is 0 Å². The van der Waals surface area contributed by atoms with Gasteiger partial charge in [-0.1, -0.05) is 0 Å². The SMILES string of the molecule is CC(C)(C)OC1([SiH3])CCCCO1. The Morgan fingerprint density at radius 3 is 2.42 bits per heavy atom. The lowest BCUT2D eigenvalue weighted by atomic mass is 10.1. The quantitative estimate of drug-likeness (QED) is 0.572. The van der Waals surface area contributed by atoms with E-state index in [1.807, 2.05) is 0 Å². The molecule has 1 aliphatic heterocycles. The molecular formula is C9H20O2Si. The van der Waals surface area contributed by atoms with Crippen molar-refractivity contribution in [3.05, 3.63) is 0 Å². The fraction of sp³-hybridized carbons (Fsp3) is 1.00. The van der Waals surface area contributed by atoms with Crippen molar-refractivity contribution in [1.29, 1.82) is 0 Å². The molecule has 0 aromatic heterocycles. The molecule has 1 aliphatic rings. The molecule has 0 aromatic rings. The maximum absolute atomic E-state index is 5.91. The zero-order chi connectivity index (χ0) is 9.24. The summed E-state index contributed by atoms with van der Waals surface area (Å²) in [4.78, 5) is 0. The van der Waals surface area contributed by atoms with Crippen molar-refractivity contribution >= 4 is 10.2 Å². The van der Waals surface area contributed by atoms with Crippen LogP contribution in [-0.4, -0.2) is 27.9 Å². The van der Waals surface area contributed by atoms with E-state index in [4.69, 9.17) is 9.47 Å². The molecule has 3 heteroatoms. The third kappa shape index (κ3) is 3.25. The van der Waals surface area contributed by atoms with Crippen LogP contribution in [0.2, 0.25) is 0 Å². The fourth-order valence-corrected chi connectivity index (χ4v) is 2.81. The highest BCUT2D eigenvalue weighted by atomic mass is 28.1. The Morgan fingerprint density at radius 2 is 2.00 bits per heavy atom. The van der Waals surface area contributed by atoms with E-state index in [9.17, 15) is 0 Å². The third-order valence-corrected chi connectivity index (χ3v) is 2.95. The van der Waals surface area contributed by atoms with Gasteiger partial charge in [0.05, 0.1) is 15.8 Å². The molecule has 0 saturated carbocycles. The normalized spacial score (nSPS) is 32.2. The highest BCUT2D eigenvalue weighted by molar-refractivity contribution is 6.13. The maximum atomic E-state index is 5.91. The molecule has 0 radical (unpaired) electrons. The summed E-state index contributed by atoms with van der Waals surface area (Å²) in [5.74, 6) is 0. The molecule has 0 bridgehead atoms. The second-order valence-electron chi connectivity index (χ2n) is 4.65. The lowest BCUT2D eigenvalue weighted by Crippen LogP contribution is -2.45. The van der Waals surface area contributed by atoms with Gasteiger partial charge in [-0.25, -0.2) is 0 Å². The molecule has 0 N–H and O–H groups in total. The largest absolute Gasteiger partial charge is 0.355 e. The standard InChI is InChI=1S/C9H20O2Si/c1-8(2,3)11-9(12)6-4-5-7-10-9/h4-7H2,1-3,12H3. The fourth-order valence-electron chi connectivity index (χ4n) is 1.64. The first-order chi connectivity index (χ1) is 5.41. The molecule has 0 amide bonds. The van der Waals surface area contributed by atoms with Crippen LogP contribution in [-0.2, 0) is 9.47 Å². The monoisotopic (exact) mass is 188 g/mol. The van der Waals surface area contributed by atoms with Crippen molar-refractivity contribution in [3.8, 4) is 0 Å². The molecular weight excluding hydrogens is 168 g/mol. The molecule has 0 spiro atoms. The van der Waals surface area contributed by atoms with Gasteiger partial charge in [0.2, 0.25) is 0 Å². The van der Waals surface area contributed by atoms with Gasteiger partial charge >= 0.3 is 0 Å². The summed E-state index contributed by atoms with van der Waals surface area (Å²) >= 11 is 0. The lowest BCUT2D eigenvalue weighted by Gasteiger charge is -2.39. The molecule has 1 heterocycles. The number of rotatable bonds is 1. The number of ether oxygens (including phenoxy) is 2. The molecule has 0 aliphatic carbocycles. The predicted molar refractivity (Wildman–Crippen MR) is 53.3 cm³/mol. The smallest absolute Gasteiger partial charge is 0.142 e. The third-order valence-electron chi connectivity index (χ3n) is 1.95. The first-order valence-electron chi connectivity index (χ1n) is 4.75. The van der Waals surface area contributed by atoms with Crippen LogP contribution in [0, 0.1) is 0 Å². The minimum Gasteiger partial charge on any atom is -0.355 e. The second kappa shape index (κ2) is 3.48. The second-order valence-corrected chi connectivity index (χ2v) is 6.18. The van der Waals surface area contributed by atoms with E-state index in [0.29, 0.717) is 0 Å². The first-order valence-corrected chi connectivity index (χ1v) is 5.75. The van der Waals surface area contributed by atoms with Crippen molar-refractivity contribution in [1.82, 2.24) is 0 Å². The summed E-state index contributed by atoms with van der Waals surface area (Å²) in [7, 11) is 0.966. The molecule has 1 saturated heterocycles. The zero-order valence-electron chi connectivity index (χ0n) is 8.64. The van der Waals surface area contributed by atoms with Crippen molar-refractivity contribution < 1.29 is 9.47 Å². The van der Waals surface area contributed by atoms with E-state index in [0.717, 1.165) is 23.3 Å². The summed E-state index contributed by atoms with van der Waals surface area (Å²) in [6, 6.07) is 0. The van der Waals surface area contributed by atoms with E-state index >= 15 is 0 Å². The molecule has 2 nitrogen and oxygen atoms in total. The minimum absolute atomic E-state index is 0.0703. The van der Waals surface area contributed by atoms with Gasteiger partial charge in [0, 0.05) is 6.61 Å². The van der Waals surface area contributed by atoms with Gasteiger partial charge in [0.1, 0.15) is 5.41 Å². The highest BCUT2D eigenvalue weighted by Gasteiger charge is 2.32. The van der Waals surface area contributed by atoms with E-state index in [2.05, 4.69) is 20.8 Å². The van der Waals surface area contributed by atoms with Crippen LogP contribution in [0.3, 0.4) is 0 Å². The van der Waals surface area contributed by atoms with Crippen molar-refractivity contribution in [2.75, 3.05) is 6.61 Å². The average Bonchev–Trinajstić information content (AvgIpc) is 1.83. The van der Waals surface area contributed by atoms with Crippen molar-refractivity contribution in [3.63, 3.8) is 0 Å². The Balaban J connectivity index is 2.47. The van der Waals surface area contributed by atoms with E-state index in [1.165, 1.54) is 12.8 Å². The van der Waals surface area contributed by atoms with Crippen LogP contribution in [0.5, 0.6) is 0 Å². The Morgan fingerprint density at radius 1 is 1.33 bits per heavy atom. The van der Waals surface area contributed by atoms with Crippen LogP contribution in [0.4, 0.5) is 0 Å². The Labute approximate surface area is 78.1 Å². The van der Waals surface area contributed by atoms with Crippen molar-refractivity contribution in [2.24, 2.45) is 0 Å². The maximum Gasteiger partial charge on any atom is 0.142 e.